The zero-order valence-corrected chi connectivity index (χ0v) is 13.9. The van der Waals surface area contributed by atoms with Gasteiger partial charge in [0.05, 0.1) is 18.0 Å². The monoisotopic (exact) mass is 374 g/mol. The molecule has 0 radical (unpaired) electrons. The predicted octanol–water partition coefficient (Wildman–Crippen LogP) is 5.43. The van der Waals surface area contributed by atoms with Crippen LogP contribution in [0.2, 0.25) is 5.02 Å². The van der Waals surface area contributed by atoms with Gasteiger partial charge in [0.15, 0.2) is 0 Å². The van der Waals surface area contributed by atoms with E-state index in [4.69, 9.17) is 32.7 Å². The van der Waals surface area contributed by atoms with E-state index < -0.39 is 0 Å². The molecule has 106 valence electrons. The molecule has 0 heterocycles. The van der Waals surface area contributed by atoms with E-state index in [2.05, 4.69) is 15.9 Å². The average molecular weight is 376 g/mol. The fraction of sp³-hybridized carbons (Fsp3) is 0.200. The van der Waals surface area contributed by atoms with Gasteiger partial charge < -0.3 is 9.47 Å². The molecule has 2 aromatic rings. The van der Waals surface area contributed by atoms with Crippen molar-refractivity contribution in [2.45, 2.75) is 12.5 Å². The Morgan fingerprint density at radius 3 is 2.65 bits per heavy atom. The van der Waals surface area contributed by atoms with Crippen LogP contribution in [0.1, 0.15) is 11.1 Å². The molecule has 2 aromatic carbocycles. The van der Waals surface area contributed by atoms with Crippen LogP contribution in [0.5, 0.6) is 11.5 Å². The molecular weight excluding hydrogens is 363 g/mol. The molecule has 0 unspecified atom stereocenters. The summed E-state index contributed by atoms with van der Waals surface area (Å²) in [4.78, 5) is 0. The van der Waals surface area contributed by atoms with Crippen molar-refractivity contribution in [3.63, 3.8) is 0 Å². The van der Waals surface area contributed by atoms with Crippen LogP contribution in [0.25, 0.3) is 0 Å². The quantitative estimate of drug-likeness (QED) is 0.648. The minimum atomic E-state index is 0.353. The maximum absolute atomic E-state index is 6.16. The first-order valence-corrected chi connectivity index (χ1v) is 7.65. The molecule has 5 heteroatoms. The predicted molar refractivity (Wildman–Crippen MR) is 86.0 cm³/mol. The second-order valence-corrected chi connectivity index (χ2v) is 5.70. The molecule has 0 fully saturated rings. The van der Waals surface area contributed by atoms with Crippen molar-refractivity contribution in [3.8, 4) is 11.5 Å². The highest BCUT2D eigenvalue weighted by atomic mass is 79.9. The van der Waals surface area contributed by atoms with Gasteiger partial charge in [-0.15, -0.1) is 11.6 Å². The third-order valence-electron chi connectivity index (χ3n) is 2.81. The van der Waals surface area contributed by atoms with E-state index in [-0.39, 0.29) is 0 Å². The van der Waals surface area contributed by atoms with Crippen LogP contribution in [-0.4, -0.2) is 7.11 Å². The number of methoxy groups -OCH3 is 1. The highest BCUT2D eigenvalue weighted by Gasteiger charge is 2.10. The number of hydrogen-bond donors (Lipinski definition) is 0. The maximum Gasteiger partial charge on any atom is 0.142 e. The van der Waals surface area contributed by atoms with E-state index in [0.29, 0.717) is 23.3 Å². The van der Waals surface area contributed by atoms with Gasteiger partial charge in [0.2, 0.25) is 0 Å². The SMILES string of the molecule is COc1ccc(Br)cc1COc1c(Cl)cccc1CCl. The largest absolute Gasteiger partial charge is 0.496 e. The Morgan fingerprint density at radius 2 is 1.95 bits per heavy atom. The summed E-state index contributed by atoms with van der Waals surface area (Å²) >= 11 is 15.5. The van der Waals surface area contributed by atoms with Gasteiger partial charge >= 0.3 is 0 Å². The summed E-state index contributed by atoms with van der Waals surface area (Å²) in [5.41, 5.74) is 1.80. The van der Waals surface area contributed by atoms with Crippen molar-refractivity contribution in [2.75, 3.05) is 7.11 Å². The van der Waals surface area contributed by atoms with Gasteiger partial charge in [-0.1, -0.05) is 39.7 Å². The van der Waals surface area contributed by atoms with Crippen molar-refractivity contribution in [3.05, 3.63) is 57.0 Å². The van der Waals surface area contributed by atoms with Crippen LogP contribution >= 0.6 is 39.1 Å². The highest BCUT2D eigenvalue weighted by Crippen LogP contribution is 2.32. The lowest BCUT2D eigenvalue weighted by Gasteiger charge is -2.14. The molecule has 20 heavy (non-hydrogen) atoms. The van der Waals surface area contributed by atoms with E-state index in [0.717, 1.165) is 21.3 Å². The van der Waals surface area contributed by atoms with E-state index in [9.17, 15) is 0 Å². The number of hydrogen-bond acceptors (Lipinski definition) is 2. The summed E-state index contributed by atoms with van der Waals surface area (Å²) in [5, 5.41) is 0.553. The normalized spacial score (nSPS) is 10.4. The zero-order chi connectivity index (χ0) is 14.5. The summed E-state index contributed by atoms with van der Waals surface area (Å²) in [6.07, 6.45) is 0. The fourth-order valence-electron chi connectivity index (χ4n) is 1.83. The van der Waals surface area contributed by atoms with Crippen LogP contribution in [-0.2, 0) is 12.5 Å². The van der Waals surface area contributed by atoms with Crippen molar-refractivity contribution in [2.24, 2.45) is 0 Å². The van der Waals surface area contributed by atoms with E-state index >= 15 is 0 Å². The molecule has 0 atom stereocenters. The summed E-state index contributed by atoms with van der Waals surface area (Å²) in [5.74, 6) is 1.74. The molecule has 0 aromatic heterocycles. The van der Waals surface area contributed by atoms with Crippen LogP contribution in [0, 0.1) is 0 Å². The minimum Gasteiger partial charge on any atom is -0.496 e. The van der Waals surface area contributed by atoms with Crippen LogP contribution in [0.4, 0.5) is 0 Å². The smallest absolute Gasteiger partial charge is 0.142 e. The third kappa shape index (κ3) is 3.60. The molecule has 0 aliphatic heterocycles. The van der Waals surface area contributed by atoms with Crippen LogP contribution in [0.3, 0.4) is 0 Å². The van der Waals surface area contributed by atoms with E-state index in [1.807, 2.05) is 30.3 Å². The van der Waals surface area contributed by atoms with Gasteiger partial charge in [-0.2, -0.15) is 0 Å². The van der Waals surface area contributed by atoms with E-state index in [1.165, 1.54) is 0 Å². The fourth-order valence-corrected chi connectivity index (χ4v) is 2.70. The summed E-state index contributed by atoms with van der Waals surface area (Å²) < 4.78 is 12.1. The lowest BCUT2D eigenvalue weighted by molar-refractivity contribution is 0.294. The van der Waals surface area contributed by atoms with Gasteiger partial charge in [0, 0.05) is 15.6 Å². The summed E-state index contributed by atoms with van der Waals surface area (Å²) in [7, 11) is 1.63. The highest BCUT2D eigenvalue weighted by molar-refractivity contribution is 9.10. The molecule has 0 amide bonds. The molecule has 0 saturated heterocycles. The first kappa shape index (κ1) is 15.5. The van der Waals surface area contributed by atoms with Gasteiger partial charge in [0.25, 0.3) is 0 Å². The van der Waals surface area contributed by atoms with Crippen LogP contribution < -0.4 is 9.47 Å². The van der Waals surface area contributed by atoms with Crippen molar-refractivity contribution >= 4 is 39.1 Å². The first-order valence-electron chi connectivity index (χ1n) is 5.94. The minimum absolute atomic E-state index is 0.353. The average Bonchev–Trinajstić information content (AvgIpc) is 2.46. The molecule has 2 rings (SSSR count). The van der Waals surface area contributed by atoms with Crippen molar-refractivity contribution in [1.82, 2.24) is 0 Å². The Balaban J connectivity index is 2.23. The third-order valence-corrected chi connectivity index (χ3v) is 3.89. The standard InChI is InChI=1S/C15H13BrCl2O2/c1-19-14-6-5-12(16)7-11(14)9-20-15-10(8-17)3-2-4-13(15)18/h2-7H,8-9H2,1H3. The Bertz CT molecular complexity index is 602. The number of alkyl halides is 1. The zero-order valence-electron chi connectivity index (χ0n) is 10.8. The number of rotatable bonds is 5. The van der Waals surface area contributed by atoms with Gasteiger partial charge in [-0.25, -0.2) is 0 Å². The molecule has 0 spiro atoms. The second kappa shape index (κ2) is 7.21. The Labute approximate surface area is 136 Å². The maximum atomic E-state index is 6.16. The lowest BCUT2D eigenvalue weighted by Crippen LogP contribution is -2.01. The summed E-state index contributed by atoms with van der Waals surface area (Å²) in [6, 6.07) is 11.3. The molecule has 0 aliphatic carbocycles. The van der Waals surface area contributed by atoms with Crippen LogP contribution in [0.15, 0.2) is 40.9 Å². The van der Waals surface area contributed by atoms with Gasteiger partial charge in [-0.05, 0) is 24.3 Å². The topological polar surface area (TPSA) is 18.5 Å². The number of para-hydroxylation sites is 1. The Morgan fingerprint density at radius 1 is 1.15 bits per heavy atom. The van der Waals surface area contributed by atoms with Gasteiger partial charge in [-0.3, -0.25) is 0 Å². The van der Waals surface area contributed by atoms with Gasteiger partial charge in [0.1, 0.15) is 18.1 Å². The molecule has 0 N–H and O–H groups in total. The molecule has 0 aliphatic rings. The molecule has 0 saturated carbocycles. The first-order chi connectivity index (χ1) is 9.65. The van der Waals surface area contributed by atoms with Crippen molar-refractivity contribution < 1.29 is 9.47 Å². The van der Waals surface area contributed by atoms with Crippen molar-refractivity contribution in [1.29, 1.82) is 0 Å². The number of benzene rings is 2. The lowest BCUT2D eigenvalue weighted by atomic mass is 10.2. The molecule has 0 bridgehead atoms. The molecule has 2 nitrogen and oxygen atoms in total. The molecular formula is C15H13BrCl2O2. The Kier molecular flexibility index (Phi) is 5.58. The summed E-state index contributed by atoms with van der Waals surface area (Å²) in [6.45, 7) is 0.357. The second-order valence-electron chi connectivity index (χ2n) is 4.11. The Hall–Kier alpha value is -0.900. The number of ether oxygens (including phenoxy) is 2. The number of halogens is 3. The van der Waals surface area contributed by atoms with E-state index in [1.54, 1.807) is 13.2 Å².